The number of nitrogens with two attached hydrogens (primary N) is 1. The molecule has 0 unspecified atom stereocenters. The molecule has 3 heterocycles. The number of benzene rings is 1. The van der Waals surface area contributed by atoms with Gasteiger partial charge in [0.1, 0.15) is 17.5 Å². The van der Waals surface area contributed by atoms with Crippen molar-refractivity contribution in [2.24, 2.45) is 0 Å². The highest BCUT2D eigenvalue weighted by Gasteiger charge is 2.25. The van der Waals surface area contributed by atoms with E-state index in [0.717, 1.165) is 11.4 Å². The lowest BCUT2D eigenvalue weighted by molar-refractivity contribution is 0.415. The molecule has 0 spiro atoms. The molecule has 9 nitrogen and oxygen atoms in total. The van der Waals surface area contributed by atoms with E-state index in [1.165, 1.54) is 20.0 Å². The summed E-state index contributed by atoms with van der Waals surface area (Å²) in [4.78, 5) is 13.4. The SMILES string of the molecule is COc1c(C#N)cccc1-c1cc(-c2cn(Cc3cccc(C4CC4)n3)nn2)nc(N)n1. The van der Waals surface area contributed by atoms with Crippen molar-refractivity contribution >= 4 is 5.95 Å². The van der Waals surface area contributed by atoms with E-state index in [1.54, 1.807) is 29.1 Å². The van der Waals surface area contributed by atoms with Gasteiger partial charge in [0.15, 0.2) is 0 Å². The highest BCUT2D eigenvalue weighted by Crippen LogP contribution is 2.39. The van der Waals surface area contributed by atoms with Crippen molar-refractivity contribution in [1.29, 1.82) is 5.26 Å². The molecule has 9 heteroatoms. The first-order valence-electron chi connectivity index (χ1n) is 10.2. The molecule has 1 fully saturated rings. The molecule has 1 aliphatic carbocycles. The van der Waals surface area contributed by atoms with Crippen LogP contribution in [0.3, 0.4) is 0 Å². The molecule has 1 aliphatic rings. The maximum Gasteiger partial charge on any atom is 0.221 e. The number of methoxy groups -OCH3 is 1. The summed E-state index contributed by atoms with van der Waals surface area (Å²) in [5, 5.41) is 17.9. The second-order valence-electron chi connectivity index (χ2n) is 7.62. The summed E-state index contributed by atoms with van der Waals surface area (Å²) < 4.78 is 7.17. The first-order valence-corrected chi connectivity index (χ1v) is 10.2. The minimum absolute atomic E-state index is 0.0928. The summed E-state index contributed by atoms with van der Waals surface area (Å²) in [5.41, 5.74) is 10.8. The van der Waals surface area contributed by atoms with Gasteiger partial charge in [0, 0.05) is 17.2 Å². The van der Waals surface area contributed by atoms with Crippen LogP contribution in [0.4, 0.5) is 5.95 Å². The van der Waals surface area contributed by atoms with Crippen molar-refractivity contribution in [3.05, 3.63) is 65.6 Å². The minimum atomic E-state index is 0.0928. The Balaban J connectivity index is 1.46. The van der Waals surface area contributed by atoms with Crippen LogP contribution < -0.4 is 10.5 Å². The Morgan fingerprint density at radius 1 is 1.09 bits per heavy atom. The fourth-order valence-electron chi connectivity index (χ4n) is 3.63. The molecule has 1 saturated carbocycles. The van der Waals surface area contributed by atoms with Gasteiger partial charge in [0.25, 0.3) is 0 Å². The zero-order valence-electron chi connectivity index (χ0n) is 17.4. The number of ether oxygens (including phenoxy) is 1. The molecule has 3 aromatic heterocycles. The third-order valence-electron chi connectivity index (χ3n) is 5.31. The monoisotopic (exact) mass is 424 g/mol. The van der Waals surface area contributed by atoms with Crippen molar-refractivity contribution in [2.45, 2.75) is 25.3 Å². The lowest BCUT2D eigenvalue weighted by Gasteiger charge is -2.10. The molecule has 0 saturated heterocycles. The van der Waals surface area contributed by atoms with Crippen LogP contribution in [-0.2, 0) is 6.54 Å². The number of aromatic nitrogens is 6. The Bertz CT molecular complexity index is 1340. The first kappa shape index (κ1) is 19.6. The summed E-state index contributed by atoms with van der Waals surface area (Å²) in [6.45, 7) is 0.513. The van der Waals surface area contributed by atoms with Crippen LogP contribution in [0.5, 0.6) is 5.75 Å². The van der Waals surface area contributed by atoms with Crippen molar-refractivity contribution < 1.29 is 4.74 Å². The molecule has 0 radical (unpaired) electrons. The predicted octanol–water partition coefficient (Wildman–Crippen LogP) is 3.19. The number of hydrogen-bond donors (Lipinski definition) is 1. The van der Waals surface area contributed by atoms with Crippen molar-refractivity contribution in [1.82, 2.24) is 29.9 Å². The number of hydrogen-bond acceptors (Lipinski definition) is 8. The van der Waals surface area contributed by atoms with Gasteiger partial charge in [-0.1, -0.05) is 17.3 Å². The smallest absolute Gasteiger partial charge is 0.221 e. The van der Waals surface area contributed by atoms with Crippen molar-refractivity contribution in [3.8, 4) is 34.5 Å². The largest absolute Gasteiger partial charge is 0.495 e. The van der Waals surface area contributed by atoms with Crippen LogP contribution in [0.15, 0.2) is 48.7 Å². The molecule has 0 bridgehead atoms. The zero-order valence-corrected chi connectivity index (χ0v) is 17.4. The number of pyridine rings is 1. The Hall–Kier alpha value is -4.32. The third-order valence-corrected chi connectivity index (χ3v) is 5.31. The summed E-state index contributed by atoms with van der Waals surface area (Å²) >= 11 is 0. The number of anilines is 1. The lowest BCUT2D eigenvalue weighted by atomic mass is 10.1. The van der Waals surface area contributed by atoms with Crippen molar-refractivity contribution in [2.75, 3.05) is 12.8 Å². The van der Waals surface area contributed by atoms with Gasteiger partial charge in [-0.25, -0.2) is 14.6 Å². The first-order chi connectivity index (χ1) is 15.6. The van der Waals surface area contributed by atoms with Crippen LogP contribution in [0.1, 0.15) is 35.7 Å². The molecular formula is C23H20N8O. The van der Waals surface area contributed by atoms with Crippen LogP contribution in [-0.4, -0.2) is 37.1 Å². The summed E-state index contributed by atoms with van der Waals surface area (Å²) in [7, 11) is 1.52. The van der Waals surface area contributed by atoms with Gasteiger partial charge >= 0.3 is 0 Å². The van der Waals surface area contributed by atoms with E-state index in [4.69, 9.17) is 15.5 Å². The average Bonchev–Trinajstić information content (AvgIpc) is 3.57. The molecule has 1 aromatic carbocycles. The quantitative estimate of drug-likeness (QED) is 0.500. The maximum atomic E-state index is 9.37. The number of para-hydroxylation sites is 1. The second kappa shape index (κ2) is 8.07. The van der Waals surface area contributed by atoms with E-state index in [2.05, 4.69) is 32.4 Å². The summed E-state index contributed by atoms with van der Waals surface area (Å²) in [6, 6.07) is 15.3. The molecule has 2 N–H and O–H groups in total. The van der Waals surface area contributed by atoms with Crippen LogP contribution in [0.25, 0.3) is 22.6 Å². The normalized spacial score (nSPS) is 13.0. The van der Waals surface area contributed by atoms with E-state index in [-0.39, 0.29) is 5.95 Å². The molecule has 32 heavy (non-hydrogen) atoms. The Morgan fingerprint density at radius 2 is 1.91 bits per heavy atom. The average molecular weight is 424 g/mol. The highest BCUT2D eigenvalue weighted by atomic mass is 16.5. The second-order valence-corrected chi connectivity index (χ2v) is 7.62. The molecule has 0 amide bonds. The molecule has 4 aromatic rings. The fraction of sp³-hybridized carbons (Fsp3) is 0.217. The lowest BCUT2D eigenvalue weighted by Crippen LogP contribution is -2.03. The number of nitrogen functional groups attached to an aromatic ring is 1. The molecule has 5 rings (SSSR count). The Morgan fingerprint density at radius 3 is 2.69 bits per heavy atom. The van der Waals surface area contributed by atoms with E-state index in [1.807, 2.05) is 18.2 Å². The van der Waals surface area contributed by atoms with Gasteiger partial charge in [-0.05, 0) is 43.2 Å². The van der Waals surface area contributed by atoms with E-state index >= 15 is 0 Å². The summed E-state index contributed by atoms with van der Waals surface area (Å²) in [5.74, 6) is 1.12. The van der Waals surface area contributed by atoms with Gasteiger partial charge < -0.3 is 10.5 Å². The molecular weight excluding hydrogens is 404 g/mol. The van der Waals surface area contributed by atoms with E-state index < -0.39 is 0 Å². The Labute approximate surface area is 184 Å². The molecule has 158 valence electrons. The van der Waals surface area contributed by atoms with Gasteiger partial charge in [0.05, 0.1) is 42.5 Å². The zero-order chi connectivity index (χ0) is 22.1. The van der Waals surface area contributed by atoms with Gasteiger partial charge in [-0.15, -0.1) is 5.10 Å². The third kappa shape index (κ3) is 3.86. The number of nitrogens with zero attached hydrogens (tertiary/aromatic N) is 7. The predicted molar refractivity (Wildman–Crippen MR) is 117 cm³/mol. The van der Waals surface area contributed by atoms with E-state index in [9.17, 15) is 5.26 Å². The number of rotatable bonds is 6. The standard InChI is InChI=1S/C23H20N8O/c1-32-22-15(11-24)4-2-6-17(22)19-10-20(28-23(25)27-19)21-13-31(30-29-21)12-16-5-3-7-18(26-16)14-8-9-14/h2-7,10,13-14H,8-9,12H2,1H3,(H2,25,27,28). The highest BCUT2D eigenvalue weighted by molar-refractivity contribution is 5.74. The van der Waals surface area contributed by atoms with Crippen LogP contribution in [0.2, 0.25) is 0 Å². The minimum Gasteiger partial charge on any atom is -0.495 e. The molecule has 0 aliphatic heterocycles. The fourth-order valence-corrected chi connectivity index (χ4v) is 3.63. The topological polar surface area (TPSA) is 128 Å². The van der Waals surface area contributed by atoms with Gasteiger partial charge in [0.2, 0.25) is 5.95 Å². The molecule has 0 atom stereocenters. The van der Waals surface area contributed by atoms with Crippen molar-refractivity contribution in [3.63, 3.8) is 0 Å². The van der Waals surface area contributed by atoms with E-state index in [0.29, 0.717) is 46.4 Å². The maximum absolute atomic E-state index is 9.37. The van der Waals surface area contributed by atoms with Gasteiger partial charge in [-0.3, -0.25) is 4.98 Å². The number of nitriles is 1. The van der Waals surface area contributed by atoms with Gasteiger partial charge in [-0.2, -0.15) is 5.26 Å². The Kier molecular flexibility index (Phi) is 4.95. The summed E-state index contributed by atoms with van der Waals surface area (Å²) in [6.07, 6.45) is 4.23. The van der Waals surface area contributed by atoms with Crippen LogP contribution >= 0.6 is 0 Å². The van der Waals surface area contributed by atoms with Crippen LogP contribution in [0, 0.1) is 11.3 Å².